The summed E-state index contributed by atoms with van der Waals surface area (Å²) in [5.74, 6) is -0.0953. The van der Waals surface area contributed by atoms with Crippen molar-refractivity contribution in [2.45, 2.75) is 32.1 Å². The summed E-state index contributed by atoms with van der Waals surface area (Å²) in [4.78, 5) is 13.8. The predicted octanol–water partition coefficient (Wildman–Crippen LogP) is 0.210. The van der Waals surface area contributed by atoms with Crippen LogP contribution in [0.2, 0.25) is 0 Å². The summed E-state index contributed by atoms with van der Waals surface area (Å²) < 4.78 is 0. The van der Waals surface area contributed by atoms with Gasteiger partial charge >= 0.3 is 0 Å². The summed E-state index contributed by atoms with van der Waals surface area (Å²) in [6.45, 7) is 4.85. The summed E-state index contributed by atoms with van der Waals surface area (Å²) in [7, 11) is 0. The van der Waals surface area contributed by atoms with Gasteiger partial charge in [-0.25, -0.2) is 0 Å². The van der Waals surface area contributed by atoms with E-state index in [1.165, 1.54) is 0 Å². The minimum Gasteiger partial charge on any atom is -0.389 e. The minimum atomic E-state index is -0.753. The Morgan fingerprint density at radius 1 is 1.35 bits per heavy atom. The lowest BCUT2D eigenvalue weighted by Gasteiger charge is -2.19. The molecule has 5 nitrogen and oxygen atoms in total. The number of rotatable bonds is 4. The van der Waals surface area contributed by atoms with Crippen molar-refractivity contribution >= 4 is 5.91 Å². The highest BCUT2D eigenvalue weighted by Crippen LogP contribution is 2.16. The molecule has 2 rings (SSSR count). The smallest absolute Gasteiger partial charge is 0.234 e. The number of amides is 1. The maximum atomic E-state index is 12.0. The van der Waals surface area contributed by atoms with E-state index in [4.69, 9.17) is 0 Å². The third kappa shape index (κ3) is 3.56. The van der Waals surface area contributed by atoms with Gasteiger partial charge in [0.2, 0.25) is 5.91 Å². The summed E-state index contributed by atoms with van der Waals surface area (Å²) in [5, 5.41) is 21.9. The van der Waals surface area contributed by atoms with Gasteiger partial charge in [0.15, 0.2) is 0 Å². The van der Waals surface area contributed by atoms with Gasteiger partial charge in [-0.3, -0.25) is 9.69 Å². The molecule has 0 saturated carbocycles. The van der Waals surface area contributed by atoms with Crippen LogP contribution in [-0.4, -0.2) is 52.9 Å². The van der Waals surface area contributed by atoms with Gasteiger partial charge in [0.1, 0.15) is 0 Å². The molecule has 1 aliphatic rings. The van der Waals surface area contributed by atoms with Gasteiger partial charge in [0, 0.05) is 13.1 Å². The van der Waals surface area contributed by atoms with E-state index in [2.05, 4.69) is 5.32 Å². The Bertz CT molecular complexity index is 468. The third-order valence-electron chi connectivity index (χ3n) is 3.73. The number of likely N-dealkylation sites (tertiary alicyclic amines) is 1. The second-order valence-corrected chi connectivity index (χ2v) is 5.47. The van der Waals surface area contributed by atoms with Crippen molar-refractivity contribution in [3.8, 4) is 0 Å². The van der Waals surface area contributed by atoms with Crippen LogP contribution in [0.4, 0.5) is 0 Å². The van der Waals surface area contributed by atoms with Crippen LogP contribution in [0, 0.1) is 6.92 Å². The Morgan fingerprint density at radius 2 is 1.95 bits per heavy atom. The number of aliphatic hydroxyl groups excluding tert-OH is 2. The molecule has 0 spiro atoms. The normalized spacial score (nSPS) is 24.6. The van der Waals surface area contributed by atoms with E-state index in [-0.39, 0.29) is 18.5 Å². The molecule has 1 aromatic rings. The predicted molar refractivity (Wildman–Crippen MR) is 76.2 cm³/mol. The van der Waals surface area contributed by atoms with E-state index in [9.17, 15) is 15.0 Å². The fraction of sp³-hybridized carbons (Fsp3) is 0.533. The quantitative estimate of drug-likeness (QED) is 0.736. The van der Waals surface area contributed by atoms with E-state index in [0.717, 1.165) is 11.1 Å². The van der Waals surface area contributed by atoms with Crippen molar-refractivity contribution in [1.29, 1.82) is 0 Å². The number of β-amino-alcohol motifs (C(OH)–C–C–N with tert-alkyl or cyclic N) is 2. The largest absolute Gasteiger partial charge is 0.389 e. The number of aliphatic hydroxyl groups is 2. The number of nitrogens with zero attached hydrogens (tertiary/aromatic N) is 1. The monoisotopic (exact) mass is 278 g/mol. The fourth-order valence-electron chi connectivity index (χ4n) is 2.62. The summed E-state index contributed by atoms with van der Waals surface area (Å²) in [6, 6.07) is 7.90. The molecule has 20 heavy (non-hydrogen) atoms. The number of carbonyl (C=O) groups is 1. The highest BCUT2D eigenvalue weighted by atomic mass is 16.3. The number of carbonyl (C=O) groups excluding carboxylic acids is 1. The first-order valence-corrected chi connectivity index (χ1v) is 6.90. The second-order valence-electron chi connectivity index (χ2n) is 5.47. The molecule has 3 unspecified atom stereocenters. The van der Waals surface area contributed by atoms with Crippen LogP contribution in [0.3, 0.4) is 0 Å². The molecule has 5 heteroatoms. The highest BCUT2D eigenvalue weighted by molar-refractivity contribution is 5.78. The lowest BCUT2D eigenvalue weighted by Crippen LogP contribution is -2.37. The van der Waals surface area contributed by atoms with Crippen LogP contribution in [0.25, 0.3) is 0 Å². The number of hydrogen-bond donors (Lipinski definition) is 3. The number of nitrogens with one attached hydrogen (secondary N) is 1. The molecule has 1 saturated heterocycles. The molecule has 3 N–H and O–H groups in total. The second kappa shape index (κ2) is 6.35. The lowest BCUT2D eigenvalue weighted by atomic mass is 10.0. The van der Waals surface area contributed by atoms with Crippen LogP contribution in [0.5, 0.6) is 0 Å². The van der Waals surface area contributed by atoms with Crippen LogP contribution in [0.15, 0.2) is 24.3 Å². The molecule has 1 aromatic carbocycles. The number of hydrogen-bond acceptors (Lipinski definition) is 4. The van der Waals surface area contributed by atoms with E-state index in [1.54, 1.807) is 4.90 Å². The van der Waals surface area contributed by atoms with Crippen molar-refractivity contribution < 1.29 is 15.0 Å². The summed E-state index contributed by atoms with van der Waals surface area (Å²) >= 11 is 0. The molecule has 3 atom stereocenters. The van der Waals surface area contributed by atoms with Gasteiger partial charge in [-0.1, -0.05) is 24.3 Å². The Labute approximate surface area is 119 Å². The van der Waals surface area contributed by atoms with Crippen molar-refractivity contribution in [3.05, 3.63) is 35.4 Å². The third-order valence-corrected chi connectivity index (χ3v) is 3.73. The van der Waals surface area contributed by atoms with Crippen LogP contribution in [-0.2, 0) is 4.79 Å². The van der Waals surface area contributed by atoms with E-state index in [1.807, 2.05) is 38.1 Å². The molecular weight excluding hydrogens is 256 g/mol. The first-order valence-electron chi connectivity index (χ1n) is 6.90. The van der Waals surface area contributed by atoms with Gasteiger partial charge in [0.25, 0.3) is 0 Å². The Kier molecular flexibility index (Phi) is 4.75. The maximum absolute atomic E-state index is 12.0. The Balaban J connectivity index is 1.87. The molecule has 1 aliphatic heterocycles. The van der Waals surface area contributed by atoms with Crippen molar-refractivity contribution in [1.82, 2.24) is 10.2 Å². The molecule has 0 bridgehead atoms. The topological polar surface area (TPSA) is 72.8 Å². The molecule has 0 aliphatic carbocycles. The summed E-state index contributed by atoms with van der Waals surface area (Å²) in [5.41, 5.74) is 2.25. The molecule has 1 heterocycles. The SMILES string of the molecule is Cc1ccccc1C(C)NC(=O)CN1CC(O)C(O)C1. The number of aryl methyl sites for hydroxylation is 1. The average molecular weight is 278 g/mol. The number of benzene rings is 1. The molecule has 1 fully saturated rings. The molecule has 1 amide bonds. The molecular formula is C15H22N2O3. The minimum absolute atomic E-state index is 0.0545. The van der Waals surface area contributed by atoms with Crippen molar-refractivity contribution in [2.24, 2.45) is 0 Å². The van der Waals surface area contributed by atoms with E-state index in [0.29, 0.717) is 13.1 Å². The first-order chi connectivity index (χ1) is 9.47. The van der Waals surface area contributed by atoms with Crippen molar-refractivity contribution in [2.75, 3.05) is 19.6 Å². The van der Waals surface area contributed by atoms with Crippen LogP contribution < -0.4 is 5.32 Å². The zero-order chi connectivity index (χ0) is 14.7. The van der Waals surface area contributed by atoms with E-state index >= 15 is 0 Å². The van der Waals surface area contributed by atoms with Crippen LogP contribution >= 0.6 is 0 Å². The first kappa shape index (κ1) is 15.0. The maximum Gasteiger partial charge on any atom is 0.234 e. The van der Waals surface area contributed by atoms with Gasteiger partial charge in [0.05, 0.1) is 24.8 Å². The average Bonchev–Trinajstić information content (AvgIpc) is 2.68. The Morgan fingerprint density at radius 3 is 2.55 bits per heavy atom. The molecule has 110 valence electrons. The van der Waals surface area contributed by atoms with Gasteiger partial charge < -0.3 is 15.5 Å². The van der Waals surface area contributed by atoms with Gasteiger partial charge in [-0.05, 0) is 25.0 Å². The lowest BCUT2D eigenvalue weighted by molar-refractivity contribution is -0.122. The van der Waals surface area contributed by atoms with Crippen LogP contribution in [0.1, 0.15) is 24.1 Å². The van der Waals surface area contributed by atoms with Crippen molar-refractivity contribution in [3.63, 3.8) is 0 Å². The highest BCUT2D eigenvalue weighted by Gasteiger charge is 2.30. The zero-order valence-electron chi connectivity index (χ0n) is 11.9. The molecule has 0 aromatic heterocycles. The Hall–Kier alpha value is -1.43. The fourth-order valence-corrected chi connectivity index (χ4v) is 2.62. The standard InChI is InChI=1S/C15H22N2O3/c1-10-5-3-4-6-12(10)11(2)16-15(20)9-17-7-13(18)14(19)8-17/h3-6,11,13-14,18-19H,7-9H2,1-2H3,(H,16,20). The molecule has 0 radical (unpaired) electrons. The summed E-state index contributed by atoms with van der Waals surface area (Å²) in [6.07, 6.45) is -1.51. The van der Waals surface area contributed by atoms with Gasteiger partial charge in [-0.15, -0.1) is 0 Å². The zero-order valence-corrected chi connectivity index (χ0v) is 11.9. The van der Waals surface area contributed by atoms with Gasteiger partial charge in [-0.2, -0.15) is 0 Å². The van der Waals surface area contributed by atoms with E-state index < -0.39 is 12.2 Å².